The Hall–Kier alpha value is -2.17. The van der Waals surface area contributed by atoms with E-state index in [9.17, 15) is 0 Å². The molecule has 2 N–H and O–H groups in total. The van der Waals surface area contributed by atoms with Gasteiger partial charge in [0.2, 0.25) is 0 Å². The van der Waals surface area contributed by atoms with Gasteiger partial charge in [-0.2, -0.15) is 0 Å². The van der Waals surface area contributed by atoms with Crippen molar-refractivity contribution in [1.29, 1.82) is 0 Å². The highest BCUT2D eigenvalue weighted by Gasteiger charge is 2.03. The third-order valence-electron chi connectivity index (χ3n) is 3.47. The van der Waals surface area contributed by atoms with Crippen molar-refractivity contribution in [2.75, 3.05) is 11.9 Å². The van der Waals surface area contributed by atoms with Crippen LogP contribution in [0.25, 0.3) is 11.3 Å². The van der Waals surface area contributed by atoms with Crippen LogP contribution in [0.2, 0.25) is 0 Å². The quantitative estimate of drug-likeness (QED) is 0.724. The Balaban J connectivity index is 1.54. The lowest BCUT2D eigenvalue weighted by Gasteiger charge is -2.04. The lowest BCUT2D eigenvalue weighted by atomic mass is 10.1. The van der Waals surface area contributed by atoms with E-state index in [0.29, 0.717) is 0 Å². The Morgan fingerprint density at radius 2 is 1.68 bits per heavy atom. The predicted octanol–water partition coefficient (Wildman–Crippen LogP) is 3.96. The molecule has 0 saturated heterocycles. The molecule has 3 aromatic rings. The van der Waals surface area contributed by atoms with Gasteiger partial charge in [-0.1, -0.05) is 54.6 Å². The first-order chi connectivity index (χ1) is 10.8. The topological polar surface area (TPSA) is 45.1 Å². The summed E-state index contributed by atoms with van der Waals surface area (Å²) >= 11 is 1.63. The van der Waals surface area contributed by atoms with E-state index in [4.69, 9.17) is 5.11 Å². The average molecular weight is 310 g/mol. The zero-order chi connectivity index (χ0) is 15.2. The fourth-order valence-electron chi connectivity index (χ4n) is 2.22. The van der Waals surface area contributed by atoms with Gasteiger partial charge in [0.1, 0.15) is 0 Å². The predicted molar refractivity (Wildman–Crippen MR) is 92.1 cm³/mol. The number of nitrogens with one attached hydrogen (secondary N) is 1. The monoisotopic (exact) mass is 310 g/mol. The van der Waals surface area contributed by atoms with Crippen LogP contribution < -0.4 is 5.32 Å². The van der Waals surface area contributed by atoms with Crippen molar-refractivity contribution in [3.05, 3.63) is 71.1 Å². The zero-order valence-corrected chi connectivity index (χ0v) is 13.0. The second-order valence-electron chi connectivity index (χ2n) is 5.06. The first-order valence-corrected chi connectivity index (χ1v) is 8.16. The second kappa shape index (κ2) is 7.20. The summed E-state index contributed by atoms with van der Waals surface area (Å²) in [5.41, 5.74) is 4.36. The zero-order valence-electron chi connectivity index (χ0n) is 12.2. The molecular weight excluding hydrogens is 292 g/mol. The summed E-state index contributed by atoms with van der Waals surface area (Å²) in [4.78, 5) is 4.61. The summed E-state index contributed by atoms with van der Waals surface area (Å²) in [6, 6.07) is 18.3. The molecule has 1 aromatic heterocycles. The van der Waals surface area contributed by atoms with Crippen LogP contribution in [0.3, 0.4) is 0 Å². The molecule has 0 saturated carbocycles. The van der Waals surface area contributed by atoms with Crippen LogP contribution >= 0.6 is 11.3 Å². The number of aliphatic hydroxyl groups excluding tert-OH is 1. The van der Waals surface area contributed by atoms with E-state index in [-0.39, 0.29) is 6.61 Å². The van der Waals surface area contributed by atoms with Crippen molar-refractivity contribution < 1.29 is 5.11 Å². The van der Waals surface area contributed by atoms with E-state index in [1.54, 1.807) is 11.3 Å². The van der Waals surface area contributed by atoms with Gasteiger partial charge in [0, 0.05) is 17.5 Å². The maximum atomic E-state index is 9.03. The van der Waals surface area contributed by atoms with Crippen molar-refractivity contribution in [2.45, 2.75) is 13.0 Å². The molecule has 3 nitrogen and oxygen atoms in total. The highest BCUT2D eigenvalue weighted by atomic mass is 32.1. The fraction of sp³-hybridized carbons (Fsp3) is 0.167. The number of hydrogen-bond acceptors (Lipinski definition) is 4. The molecule has 0 atom stereocenters. The van der Waals surface area contributed by atoms with Crippen LogP contribution in [0.5, 0.6) is 0 Å². The van der Waals surface area contributed by atoms with Crippen LogP contribution in [-0.4, -0.2) is 16.6 Å². The minimum absolute atomic E-state index is 0.0971. The van der Waals surface area contributed by atoms with Crippen LogP contribution in [-0.2, 0) is 13.0 Å². The Kier molecular flexibility index (Phi) is 4.83. The molecule has 22 heavy (non-hydrogen) atoms. The number of thiazole rings is 1. The lowest BCUT2D eigenvalue weighted by molar-refractivity contribution is 0.282. The number of hydrogen-bond donors (Lipinski definition) is 2. The molecule has 112 valence electrons. The minimum atomic E-state index is 0.0971. The third kappa shape index (κ3) is 3.72. The molecule has 0 radical (unpaired) electrons. The van der Waals surface area contributed by atoms with Crippen molar-refractivity contribution in [3.8, 4) is 11.3 Å². The number of aromatic nitrogens is 1. The molecule has 0 aliphatic rings. The number of benzene rings is 2. The largest absolute Gasteiger partial charge is 0.392 e. The molecular formula is C18H18N2OS. The van der Waals surface area contributed by atoms with E-state index >= 15 is 0 Å². The molecule has 0 aliphatic carbocycles. The van der Waals surface area contributed by atoms with Gasteiger partial charge in [-0.15, -0.1) is 11.3 Å². The Bertz CT molecular complexity index is 707. The summed E-state index contributed by atoms with van der Waals surface area (Å²) in [5.74, 6) is 0. The van der Waals surface area contributed by atoms with E-state index in [1.807, 2.05) is 30.3 Å². The third-order valence-corrected chi connectivity index (χ3v) is 4.27. The average Bonchev–Trinajstić information content (AvgIpc) is 3.05. The van der Waals surface area contributed by atoms with Gasteiger partial charge in [0.25, 0.3) is 0 Å². The van der Waals surface area contributed by atoms with E-state index < -0.39 is 0 Å². The highest BCUT2D eigenvalue weighted by molar-refractivity contribution is 7.14. The van der Waals surface area contributed by atoms with Crippen molar-refractivity contribution in [2.24, 2.45) is 0 Å². The summed E-state index contributed by atoms with van der Waals surface area (Å²) in [6.45, 7) is 0.945. The van der Waals surface area contributed by atoms with Crippen LogP contribution in [0.1, 0.15) is 11.1 Å². The van der Waals surface area contributed by atoms with Crippen LogP contribution in [0, 0.1) is 0 Å². The smallest absolute Gasteiger partial charge is 0.183 e. The number of anilines is 1. The molecule has 3 rings (SSSR count). The van der Waals surface area contributed by atoms with Gasteiger partial charge in [-0.25, -0.2) is 4.98 Å². The molecule has 0 unspecified atom stereocenters. The SMILES string of the molecule is OCc1ccc(CCNc2nc(-c3ccccc3)cs2)cc1. The van der Waals surface area contributed by atoms with Gasteiger partial charge in [0.05, 0.1) is 12.3 Å². The second-order valence-corrected chi connectivity index (χ2v) is 5.91. The van der Waals surface area contributed by atoms with Gasteiger partial charge in [0.15, 0.2) is 5.13 Å². The number of aliphatic hydroxyl groups is 1. The molecule has 2 aromatic carbocycles. The normalized spacial score (nSPS) is 10.6. The maximum absolute atomic E-state index is 9.03. The summed E-state index contributed by atoms with van der Waals surface area (Å²) < 4.78 is 0. The van der Waals surface area contributed by atoms with Gasteiger partial charge in [-0.3, -0.25) is 0 Å². The molecule has 1 heterocycles. The van der Waals surface area contributed by atoms with E-state index in [0.717, 1.165) is 34.9 Å². The molecule has 0 spiro atoms. The van der Waals surface area contributed by atoms with Crippen LogP contribution in [0.4, 0.5) is 5.13 Å². The summed E-state index contributed by atoms with van der Waals surface area (Å²) in [5, 5.41) is 15.4. The summed E-state index contributed by atoms with van der Waals surface area (Å²) in [6.07, 6.45) is 0.936. The lowest BCUT2D eigenvalue weighted by Crippen LogP contribution is -2.04. The van der Waals surface area contributed by atoms with Crippen molar-refractivity contribution in [1.82, 2.24) is 4.98 Å². The maximum Gasteiger partial charge on any atom is 0.183 e. The van der Waals surface area contributed by atoms with Gasteiger partial charge >= 0.3 is 0 Å². The Labute approximate surface area is 134 Å². The van der Waals surface area contributed by atoms with Crippen molar-refractivity contribution >= 4 is 16.5 Å². The van der Waals surface area contributed by atoms with E-state index in [2.05, 4.69) is 39.9 Å². The first-order valence-electron chi connectivity index (χ1n) is 7.28. The highest BCUT2D eigenvalue weighted by Crippen LogP contribution is 2.24. The number of nitrogens with zero attached hydrogens (tertiary/aromatic N) is 1. The van der Waals surface area contributed by atoms with Gasteiger partial charge in [-0.05, 0) is 17.5 Å². The van der Waals surface area contributed by atoms with Crippen molar-refractivity contribution in [3.63, 3.8) is 0 Å². The fourth-order valence-corrected chi connectivity index (χ4v) is 2.97. The standard InChI is InChI=1S/C18H18N2OS/c21-12-15-8-6-14(7-9-15)10-11-19-18-20-17(13-22-18)16-4-2-1-3-5-16/h1-9,13,21H,10-12H2,(H,19,20). The minimum Gasteiger partial charge on any atom is -0.392 e. The molecule has 0 bridgehead atoms. The molecule has 0 aliphatic heterocycles. The molecule has 4 heteroatoms. The Morgan fingerprint density at radius 1 is 0.955 bits per heavy atom. The molecule has 0 amide bonds. The molecule has 0 fully saturated rings. The summed E-state index contributed by atoms with van der Waals surface area (Å²) in [7, 11) is 0. The first kappa shape index (κ1) is 14.8. The van der Waals surface area contributed by atoms with E-state index in [1.165, 1.54) is 5.56 Å². The number of rotatable bonds is 6. The van der Waals surface area contributed by atoms with Crippen LogP contribution in [0.15, 0.2) is 60.0 Å². The Morgan fingerprint density at radius 3 is 2.41 bits per heavy atom. The van der Waals surface area contributed by atoms with Gasteiger partial charge < -0.3 is 10.4 Å².